The number of thioether (sulfide) groups is 1. The summed E-state index contributed by atoms with van der Waals surface area (Å²) in [6.07, 6.45) is 4.42. The number of hydrogen-bond donors (Lipinski definition) is 1. The van der Waals surface area contributed by atoms with Crippen LogP contribution in [0.15, 0.2) is 66.7 Å². The van der Waals surface area contributed by atoms with Crippen LogP contribution in [0.1, 0.15) is 56.7 Å². The Bertz CT molecular complexity index is 1260. The Labute approximate surface area is 229 Å². The van der Waals surface area contributed by atoms with Crippen LogP contribution >= 0.6 is 11.8 Å². The van der Waals surface area contributed by atoms with Crippen LogP contribution in [-0.4, -0.2) is 24.4 Å². The van der Waals surface area contributed by atoms with Crippen molar-refractivity contribution in [3.05, 3.63) is 83.4 Å². The molecule has 1 aliphatic heterocycles. The molecule has 1 heterocycles. The maximum Gasteiger partial charge on any atom is 0.287 e. The van der Waals surface area contributed by atoms with Crippen molar-refractivity contribution in [1.29, 1.82) is 0 Å². The molecule has 1 saturated heterocycles. The fourth-order valence-electron chi connectivity index (χ4n) is 4.41. The molecule has 0 saturated carbocycles. The van der Waals surface area contributed by atoms with Crippen molar-refractivity contribution >= 4 is 22.9 Å². The molecule has 2 amide bonds. The second-order valence-electron chi connectivity index (χ2n) is 9.43. The molecule has 1 unspecified atom stereocenters. The van der Waals surface area contributed by atoms with E-state index < -0.39 is 4.75 Å². The van der Waals surface area contributed by atoms with Crippen molar-refractivity contribution in [1.82, 2.24) is 5.32 Å². The molecule has 3 aromatic carbocycles. The third-order valence-electron chi connectivity index (χ3n) is 6.41. The second-order valence-corrected chi connectivity index (χ2v) is 10.8. The average Bonchev–Trinajstić information content (AvgIpc) is 3.18. The van der Waals surface area contributed by atoms with Crippen LogP contribution in [0, 0.1) is 0 Å². The van der Waals surface area contributed by atoms with E-state index in [9.17, 15) is 9.59 Å². The van der Waals surface area contributed by atoms with Gasteiger partial charge in [-0.05, 0) is 84.6 Å². The lowest BCUT2D eigenvalue weighted by molar-refractivity contribution is -0.121. The summed E-state index contributed by atoms with van der Waals surface area (Å²) in [6.45, 7) is 7.09. The first kappa shape index (κ1) is 27.6. The van der Waals surface area contributed by atoms with Crippen molar-refractivity contribution < 1.29 is 23.8 Å². The lowest BCUT2D eigenvalue weighted by atomic mass is 9.95. The first-order valence-electron chi connectivity index (χ1n) is 13.2. The number of carbonyl (C=O) groups is 2. The van der Waals surface area contributed by atoms with Gasteiger partial charge < -0.3 is 14.2 Å². The standard InChI is InChI=1S/C31H35NO5S/c1-4-10-22-20-24(31(3)29(33)32-30(34)38-31)14-16-27(22)35-18-9-19-36-28-17-15-26(21-23(28)11-5-2)37-25-12-7-6-8-13-25/h6-8,12-17,20-21H,4-5,9-11,18-19H2,1-3H3,(H,32,33,34). The monoisotopic (exact) mass is 533 g/mol. The van der Waals surface area contributed by atoms with Gasteiger partial charge in [0.15, 0.2) is 0 Å². The first-order valence-corrected chi connectivity index (χ1v) is 14.0. The molecule has 7 heteroatoms. The van der Waals surface area contributed by atoms with E-state index in [4.69, 9.17) is 14.2 Å². The van der Waals surface area contributed by atoms with Crippen LogP contribution in [0.3, 0.4) is 0 Å². The maximum absolute atomic E-state index is 12.4. The van der Waals surface area contributed by atoms with E-state index in [0.29, 0.717) is 13.2 Å². The van der Waals surface area contributed by atoms with Gasteiger partial charge in [-0.1, -0.05) is 57.0 Å². The molecule has 1 aliphatic rings. The molecule has 0 aromatic heterocycles. The zero-order chi connectivity index (χ0) is 27.0. The molecular formula is C31H35NO5S. The van der Waals surface area contributed by atoms with Crippen LogP contribution in [-0.2, 0) is 22.4 Å². The zero-order valence-corrected chi connectivity index (χ0v) is 23.1. The number of ether oxygens (including phenoxy) is 3. The number of para-hydroxylation sites is 1. The number of imide groups is 1. The molecule has 1 atom stereocenters. The van der Waals surface area contributed by atoms with E-state index in [2.05, 4.69) is 25.2 Å². The third kappa shape index (κ3) is 6.70. The van der Waals surface area contributed by atoms with Crippen LogP contribution in [0.25, 0.3) is 0 Å². The highest BCUT2D eigenvalue weighted by molar-refractivity contribution is 8.15. The Kier molecular flexibility index (Phi) is 9.34. The number of nitrogens with one attached hydrogen (secondary N) is 1. The van der Waals surface area contributed by atoms with Crippen molar-refractivity contribution in [3.8, 4) is 23.0 Å². The highest BCUT2D eigenvalue weighted by Crippen LogP contribution is 2.42. The van der Waals surface area contributed by atoms with Gasteiger partial charge in [-0.3, -0.25) is 14.9 Å². The highest BCUT2D eigenvalue weighted by atomic mass is 32.2. The minimum Gasteiger partial charge on any atom is -0.493 e. The normalized spacial score (nSPS) is 16.8. The Morgan fingerprint density at radius 3 is 2.03 bits per heavy atom. The fraction of sp³-hybridized carbons (Fsp3) is 0.355. The lowest BCUT2D eigenvalue weighted by Crippen LogP contribution is -2.31. The number of amides is 2. The lowest BCUT2D eigenvalue weighted by Gasteiger charge is -2.21. The van der Waals surface area contributed by atoms with Gasteiger partial charge in [0.05, 0.1) is 13.2 Å². The van der Waals surface area contributed by atoms with E-state index in [1.54, 1.807) is 6.92 Å². The minimum absolute atomic E-state index is 0.275. The summed E-state index contributed by atoms with van der Waals surface area (Å²) in [7, 11) is 0. The fourth-order valence-corrected chi connectivity index (χ4v) is 5.32. The van der Waals surface area contributed by atoms with E-state index >= 15 is 0 Å². The summed E-state index contributed by atoms with van der Waals surface area (Å²) in [5.74, 6) is 3.02. The van der Waals surface area contributed by atoms with Crippen molar-refractivity contribution in [2.24, 2.45) is 0 Å². The molecule has 0 spiro atoms. The number of hydrogen-bond acceptors (Lipinski definition) is 6. The van der Waals surface area contributed by atoms with E-state index in [-0.39, 0.29) is 11.1 Å². The van der Waals surface area contributed by atoms with Crippen molar-refractivity contribution in [2.75, 3.05) is 13.2 Å². The zero-order valence-electron chi connectivity index (χ0n) is 22.3. The van der Waals surface area contributed by atoms with Gasteiger partial charge in [-0.15, -0.1) is 0 Å². The summed E-state index contributed by atoms with van der Waals surface area (Å²) in [5, 5.41) is 2.08. The first-order chi connectivity index (χ1) is 18.4. The number of benzene rings is 3. The van der Waals surface area contributed by atoms with Crippen LogP contribution in [0.2, 0.25) is 0 Å². The molecule has 0 aliphatic carbocycles. The predicted octanol–water partition coefficient (Wildman–Crippen LogP) is 7.43. The van der Waals surface area contributed by atoms with Gasteiger partial charge in [0.1, 0.15) is 27.7 Å². The van der Waals surface area contributed by atoms with Crippen LogP contribution in [0.4, 0.5) is 4.79 Å². The molecular weight excluding hydrogens is 498 g/mol. The second kappa shape index (κ2) is 12.9. The Morgan fingerprint density at radius 1 is 0.789 bits per heavy atom. The smallest absolute Gasteiger partial charge is 0.287 e. The summed E-state index contributed by atoms with van der Waals surface area (Å²) in [5.41, 5.74) is 2.98. The molecule has 1 N–H and O–H groups in total. The quantitative estimate of drug-likeness (QED) is 0.230. The van der Waals surface area contributed by atoms with Gasteiger partial charge >= 0.3 is 0 Å². The van der Waals surface area contributed by atoms with Gasteiger partial charge in [0.25, 0.3) is 5.24 Å². The SMILES string of the molecule is CCCc1cc(Oc2ccccc2)ccc1OCCCOc1ccc(C2(C)SC(=O)NC2=O)cc1CCC. The van der Waals surface area contributed by atoms with Gasteiger partial charge in [-0.2, -0.15) is 0 Å². The molecule has 4 rings (SSSR count). The van der Waals surface area contributed by atoms with Gasteiger partial charge in [-0.25, -0.2) is 0 Å². The van der Waals surface area contributed by atoms with E-state index in [1.165, 1.54) is 0 Å². The molecule has 200 valence electrons. The van der Waals surface area contributed by atoms with Crippen molar-refractivity contribution in [3.63, 3.8) is 0 Å². The van der Waals surface area contributed by atoms with E-state index in [0.717, 1.165) is 83.6 Å². The van der Waals surface area contributed by atoms with Crippen LogP contribution < -0.4 is 19.5 Å². The summed E-state index contributed by atoms with van der Waals surface area (Å²) in [6, 6.07) is 21.5. The Hall–Kier alpha value is -3.45. The highest BCUT2D eigenvalue weighted by Gasteiger charge is 2.45. The summed E-state index contributed by atoms with van der Waals surface area (Å²) < 4.78 is 17.3. The van der Waals surface area contributed by atoms with Crippen LogP contribution in [0.5, 0.6) is 23.0 Å². The molecule has 6 nitrogen and oxygen atoms in total. The van der Waals surface area contributed by atoms with E-state index in [1.807, 2.05) is 60.7 Å². The van der Waals surface area contributed by atoms with Gasteiger partial charge in [0, 0.05) is 6.42 Å². The Morgan fingerprint density at radius 2 is 1.42 bits per heavy atom. The number of aryl methyl sites for hydroxylation is 2. The van der Waals surface area contributed by atoms with Gasteiger partial charge in [0.2, 0.25) is 5.91 Å². The maximum atomic E-state index is 12.4. The predicted molar refractivity (Wildman–Crippen MR) is 151 cm³/mol. The molecule has 0 bridgehead atoms. The third-order valence-corrected chi connectivity index (χ3v) is 7.53. The largest absolute Gasteiger partial charge is 0.493 e. The van der Waals surface area contributed by atoms with Crippen molar-refractivity contribution in [2.45, 2.75) is 57.6 Å². The topological polar surface area (TPSA) is 73.9 Å². The summed E-state index contributed by atoms with van der Waals surface area (Å²) >= 11 is 1.02. The minimum atomic E-state index is -0.913. The summed E-state index contributed by atoms with van der Waals surface area (Å²) in [4.78, 5) is 24.1. The molecule has 1 fully saturated rings. The molecule has 0 radical (unpaired) electrons. The average molecular weight is 534 g/mol. The molecule has 3 aromatic rings. The number of rotatable bonds is 13. The Balaban J connectivity index is 1.33. The molecule has 38 heavy (non-hydrogen) atoms. The number of carbonyl (C=O) groups excluding carboxylic acids is 2.